The Morgan fingerprint density at radius 1 is 1.69 bits per heavy atom. The van der Waals surface area contributed by atoms with Gasteiger partial charge in [0.25, 0.3) is 0 Å². The number of hydrogen-bond donors (Lipinski definition) is 2. The Balaban J connectivity index is 2.22. The number of nitriles is 1. The minimum atomic E-state index is -0.0125. The van der Waals surface area contributed by atoms with Crippen LogP contribution in [0.25, 0.3) is 0 Å². The average Bonchev–Trinajstić information content (AvgIpc) is 2.65. The molecular weight excluding hydrogens is 184 g/mol. The SMILES string of the molecule is N#CC(NCCCO)C1CCSC1. The Bertz CT molecular complexity index is 175. The van der Waals surface area contributed by atoms with Gasteiger partial charge in [-0.2, -0.15) is 17.0 Å². The molecule has 2 unspecified atom stereocenters. The van der Waals surface area contributed by atoms with E-state index in [1.54, 1.807) is 0 Å². The molecule has 3 nitrogen and oxygen atoms in total. The van der Waals surface area contributed by atoms with E-state index in [9.17, 15) is 0 Å². The summed E-state index contributed by atoms with van der Waals surface area (Å²) >= 11 is 1.92. The molecule has 74 valence electrons. The molecule has 0 aromatic carbocycles. The molecule has 2 N–H and O–H groups in total. The van der Waals surface area contributed by atoms with Gasteiger partial charge in [-0.15, -0.1) is 0 Å². The van der Waals surface area contributed by atoms with Crippen molar-refractivity contribution in [2.75, 3.05) is 24.7 Å². The first-order valence-electron chi connectivity index (χ1n) is 4.70. The lowest BCUT2D eigenvalue weighted by Gasteiger charge is -2.16. The quantitative estimate of drug-likeness (QED) is 0.638. The highest BCUT2D eigenvalue weighted by atomic mass is 32.2. The lowest BCUT2D eigenvalue weighted by Crippen LogP contribution is -2.35. The van der Waals surface area contributed by atoms with Crippen LogP contribution in [0.3, 0.4) is 0 Å². The lowest BCUT2D eigenvalue weighted by atomic mass is 10.0. The van der Waals surface area contributed by atoms with Crippen LogP contribution >= 0.6 is 11.8 Å². The molecule has 0 aromatic rings. The van der Waals surface area contributed by atoms with E-state index in [4.69, 9.17) is 10.4 Å². The van der Waals surface area contributed by atoms with Gasteiger partial charge in [0, 0.05) is 6.61 Å². The monoisotopic (exact) mass is 200 g/mol. The first-order valence-corrected chi connectivity index (χ1v) is 5.85. The molecule has 0 radical (unpaired) electrons. The molecule has 1 saturated heterocycles. The summed E-state index contributed by atoms with van der Waals surface area (Å²) in [5, 5.41) is 20.7. The van der Waals surface area contributed by atoms with E-state index in [-0.39, 0.29) is 12.6 Å². The number of hydrogen-bond acceptors (Lipinski definition) is 4. The summed E-state index contributed by atoms with van der Waals surface area (Å²) in [5.41, 5.74) is 0. The minimum Gasteiger partial charge on any atom is -0.396 e. The van der Waals surface area contributed by atoms with Gasteiger partial charge < -0.3 is 10.4 Å². The van der Waals surface area contributed by atoms with Crippen LogP contribution in [0.15, 0.2) is 0 Å². The number of nitrogens with one attached hydrogen (secondary N) is 1. The predicted molar refractivity (Wildman–Crippen MR) is 54.5 cm³/mol. The summed E-state index contributed by atoms with van der Waals surface area (Å²) in [6.07, 6.45) is 1.88. The molecule has 0 bridgehead atoms. The number of thioether (sulfide) groups is 1. The van der Waals surface area contributed by atoms with E-state index < -0.39 is 0 Å². The van der Waals surface area contributed by atoms with E-state index in [0.29, 0.717) is 5.92 Å². The highest BCUT2D eigenvalue weighted by Crippen LogP contribution is 2.25. The molecule has 0 aromatic heterocycles. The molecular formula is C9H16N2OS. The van der Waals surface area contributed by atoms with E-state index >= 15 is 0 Å². The fourth-order valence-electron chi connectivity index (χ4n) is 1.47. The molecule has 1 aliphatic heterocycles. The Morgan fingerprint density at radius 3 is 3.08 bits per heavy atom. The van der Waals surface area contributed by atoms with Crippen molar-refractivity contribution in [3.8, 4) is 6.07 Å². The maximum absolute atomic E-state index is 8.90. The van der Waals surface area contributed by atoms with Crippen LogP contribution in [-0.4, -0.2) is 35.8 Å². The summed E-state index contributed by atoms with van der Waals surface area (Å²) in [4.78, 5) is 0. The largest absolute Gasteiger partial charge is 0.396 e. The summed E-state index contributed by atoms with van der Waals surface area (Å²) in [7, 11) is 0. The summed E-state index contributed by atoms with van der Waals surface area (Å²) in [6.45, 7) is 0.945. The topological polar surface area (TPSA) is 56.0 Å². The minimum absolute atomic E-state index is 0.0125. The van der Waals surface area contributed by atoms with Crippen molar-refractivity contribution in [2.45, 2.75) is 18.9 Å². The number of aliphatic hydroxyl groups excluding tert-OH is 1. The Labute approximate surface area is 83.5 Å². The van der Waals surface area contributed by atoms with Crippen LogP contribution in [0, 0.1) is 17.2 Å². The van der Waals surface area contributed by atoms with Crippen LogP contribution in [0.1, 0.15) is 12.8 Å². The van der Waals surface area contributed by atoms with Crippen molar-refractivity contribution < 1.29 is 5.11 Å². The van der Waals surface area contributed by atoms with E-state index in [1.165, 1.54) is 5.75 Å². The van der Waals surface area contributed by atoms with Gasteiger partial charge in [-0.05, 0) is 36.8 Å². The van der Waals surface area contributed by atoms with Crippen LogP contribution in [0.5, 0.6) is 0 Å². The Hall–Kier alpha value is -0.240. The number of rotatable bonds is 5. The standard InChI is InChI=1S/C9H16N2OS/c10-6-9(11-3-1-4-12)8-2-5-13-7-8/h8-9,11-12H,1-5,7H2. The van der Waals surface area contributed by atoms with Gasteiger partial charge in [-0.25, -0.2) is 0 Å². The van der Waals surface area contributed by atoms with Gasteiger partial charge in [-0.3, -0.25) is 0 Å². The fraction of sp³-hybridized carbons (Fsp3) is 0.889. The zero-order chi connectivity index (χ0) is 9.52. The van der Waals surface area contributed by atoms with Gasteiger partial charge >= 0.3 is 0 Å². The van der Waals surface area contributed by atoms with Crippen molar-refractivity contribution >= 4 is 11.8 Å². The highest BCUT2D eigenvalue weighted by Gasteiger charge is 2.24. The molecule has 0 aliphatic carbocycles. The van der Waals surface area contributed by atoms with Crippen LogP contribution in [0.2, 0.25) is 0 Å². The second-order valence-corrected chi connectivity index (χ2v) is 4.41. The maximum atomic E-state index is 8.90. The maximum Gasteiger partial charge on any atom is 0.0989 e. The summed E-state index contributed by atoms with van der Waals surface area (Å²) in [6, 6.07) is 2.28. The summed E-state index contributed by atoms with van der Waals surface area (Å²) in [5.74, 6) is 2.79. The molecule has 0 saturated carbocycles. The lowest BCUT2D eigenvalue weighted by molar-refractivity contribution is 0.282. The van der Waals surface area contributed by atoms with Crippen molar-refractivity contribution in [3.05, 3.63) is 0 Å². The third-order valence-electron chi connectivity index (χ3n) is 2.27. The van der Waals surface area contributed by atoms with Gasteiger partial charge in [0.15, 0.2) is 0 Å². The molecule has 2 atom stereocenters. The van der Waals surface area contributed by atoms with Gasteiger partial charge in [0.2, 0.25) is 0 Å². The molecule has 13 heavy (non-hydrogen) atoms. The van der Waals surface area contributed by atoms with Crippen LogP contribution in [-0.2, 0) is 0 Å². The number of nitrogens with zero attached hydrogens (tertiary/aromatic N) is 1. The molecule has 1 aliphatic rings. The second kappa shape index (κ2) is 6.25. The number of aliphatic hydroxyl groups is 1. The highest BCUT2D eigenvalue weighted by molar-refractivity contribution is 7.99. The second-order valence-electron chi connectivity index (χ2n) is 3.26. The first kappa shape index (κ1) is 10.8. The average molecular weight is 200 g/mol. The third kappa shape index (κ3) is 3.55. The van der Waals surface area contributed by atoms with Gasteiger partial charge in [0.05, 0.1) is 12.1 Å². The molecule has 4 heteroatoms. The van der Waals surface area contributed by atoms with Crippen molar-refractivity contribution in [1.82, 2.24) is 5.32 Å². The smallest absolute Gasteiger partial charge is 0.0989 e. The summed E-state index contributed by atoms with van der Waals surface area (Å²) < 4.78 is 0. The molecule has 1 fully saturated rings. The molecule has 0 spiro atoms. The molecule has 1 rings (SSSR count). The Morgan fingerprint density at radius 2 is 2.54 bits per heavy atom. The van der Waals surface area contributed by atoms with Crippen molar-refractivity contribution in [3.63, 3.8) is 0 Å². The van der Waals surface area contributed by atoms with Gasteiger partial charge in [-0.1, -0.05) is 0 Å². The zero-order valence-corrected chi connectivity index (χ0v) is 8.52. The van der Waals surface area contributed by atoms with Crippen LogP contribution < -0.4 is 5.32 Å². The predicted octanol–water partition coefficient (Wildman–Crippen LogP) is 0.604. The zero-order valence-electron chi connectivity index (χ0n) is 7.70. The normalized spacial score (nSPS) is 24.2. The van der Waals surface area contributed by atoms with Crippen molar-refractivity contribution in [1.29, 1.82) is 5.26 Å². The van der Waals surface area contributed by atoms with Crippen LogP contribution in [0.4, 0.5) is 0 Å². The third-order valence-corrected chi connectivity index (χ3v) is 3.46. The fourth-order valence-corrected chi connectivity index (χ4v) is 2.77. The molecule has 0 amide bonds. The van der Waals surface area contributed by atoms with E-state index in [1.807, 2.05) is 11.8 Å². The first-order chi connectivity index (χ1) is 6.38. The van der Waals surface area contributed by atoms with E-state index in [0.717, 1.165) is 25.1 Å². The molecule has 1 heterocycles. The van der Waals surface area contributed by atoms with Crippen molar-refractivity contribution in [2.24, 2.45) is 5.92 Å². The van der Waals surface area contributed by atoms with Gasteiger partial charge in [0.1, 0.15) is 0 Å². The Kier molecular flexibility index (Phi) is 5.21. The van der Waals surface area contributed by atoms with E-state index in [2.05, 4.69) is 11.4 Å².